The van der Waals surface area contributed by atoms with E-state index in [4.69, 9.17) is 29.5 Å². The van der Waals surface area contributed by atoms with Crippen molar-refractivity contribution in [1.82, 2.24) is 0 Å². The van der Waals surface area contributed by atoms with Crippen LogP contribution in [0.1, 0.15) is 52.7 Å². The van der Waals surface area contributed by atoms with E-state index in [1.165, 1.54) is 11.1 Å². The Kier molecular flexibility index (Phi) is 21.4. The molecular weight excluding hydrogens is 436 g/mol. The molecule has 0 spiro atoms. The third-order valence-corrected chi connectivity index (χ3v) is 3.47. The molecule has 0 heterocycles. The summed E-state index contributed by atoms with van der Waals surface area (Å²) in [6.45, 7) is 12.9. The third-order valence-electron chi connectivity index (χ3n) is 3.47. The van der Waals surface area contributed by atoms with E-state index >= 15 is 0 Å². The maximum Gasteiger partial charge on any atom is 1.00 e. The smallest absolute Gasteiger partial charge is 0.822 e. The van der Waals surface area contributed by atoms with Gasteiger partial charge < -0.3 is 29.5 Å². The average molecular weight is 464 g/mol. The molecule has 10 heteroatoms. The summed E-state index contributed by atoms with van der Waals surface area (Å²) in [5.74, 6) is 0.663. The van der Waals surface area contributed by atoms with Crippen molar-refractivity contribution in [2.75, 3.05) is 0 Å². The van der Waals surface area contributed by atoms with Gasteiger partial charge in [0.15, 0.2) is 0 Å². The van der Waals surface area contributed by atoms with Gasteiger partial charge in [-0.2, -0.15) is 7.82 Å². The van der Waals surface area contributed by atoms with Crippen molar-refractivity contribution in [1.29, 1.82) is 0 Å². The van der Waals surface area contributed by atoms with Crippen LogP contribution in [0.3, 0.4) is 0 Å². The summed E-state index contributed by atoms with van der Waals surface area (Å²) in [5.41, 5.74) is 2.84. The van der Waals surface area contributed by atoms with E-state index in [-0.39, 0.29) is 99.5 Å². The van der Waals surface area contributed by atoms with Gasteiger partial charge in [-0.25, -0.2) is 0 Å². The molecule has 2 aromatic carbocycles. The van der Waals surface area contributed by atoms with Crippen LogP contribution in [0.5, 0.6) is 11.5 Å². The van der Waals surface area contributed by atoms with Crippen molar-refractivity contribution < 1.29 is 118 Å². The Balaban J connectivity index is -0.000000171. The van der Waals surface area contributed by atoms with Crippen LogP contribution in [0, 0.1) is 0 Å². The first-order valence-electron chi connectivity index (χ1n) is 8.32. The van der Waals surface area contributed by atoms with Crippen LogP contribution in [-0.2, 0) is 15.4 Å². The number of aromatic hydroxyl groups is 2. The van der Waals surface area contributed by atoms with Crippen molar-refractivity contribution >= 4 is 7.82 Å². The first-order chi connectivity index (χ1) is 12.0. The Labute approximate surface area is 246 Å². The molecule has 0 aliphatic carbocycles. The van der Waals surface area contributed by atoms with Gasteiger partial charge in [-0.15, -0.1) is 0 Å². The van der Waals surface area contributed by atoms with Crippen LogP contribution in [0.4, 0.5) is 0 Å². The number of phenols is 2. The van der Waals surface area contributed by atoms with Crippen LogP contribution in [0.2, 0.25) is 0 Å². The Hall–Kier alpha value is 1.15. The number of phenolic OH excluding ortho intramolecular Hbond substituents is 2. The number of hydrogen-bond acceptors (Lipinski definition) is 6. The maximum absolute atomic E-state index is 9.02. The van der Waals surface area contributed by atoms with Crippen LogP contribution in [0.15, 0.2) is 48.5 Å². The van der Waals surface area contributed by atoms with Crippen LogP contribution < -0.4 is 103 Å². The van der Waals surface area contributed by atoms with Crippen molar-refractivity contribution in [3.8, 4) is 11.5 Å². The van der Waals surface area contributed by atoms with Crippen molar-refractivity contribution in [3.63, 3.8) is 0 Å². The Morgan fingerprint density at radius 3 is 0.900 bits per heavy atom. The van der Waals surface area contributed by atoms with Gasteiger partial charge in [-0.1, -0.05) is 65.8 Å². The van der Waals surface area contributed by atoms with Crippen LogP contribution in [0.25, 0.3) is 0 Å². The average Bonchev–Trinajstić information content (AvgIpc) is 2.45. The van der Waals surface area contributed by atoms with Gasteiger partial charge in [-0.05, 0) is 46.2 Å². The molecule has 0 atom stereocenters. The summed E-state index contributed by atoms with van der Waals surface area (Å²) in [7, 11) is -5.39. The van der Waals surface area contributed by atoms with Crippen LogP contribution in [-0.4, -0.2) is 10.2 Å². The van der Waals surface area contributed by atoms with Crippen molar-refractivity contribution in [2.45, 2.75) is 52.4 Å². The number of benzene rings is 2. The molecule has 0 saturated carbocycles. The molecule has 0 aliphatic heterocycles. The van der Waals surface area contributed by atoms with E-state index in [0.29, 0.717) is 11.5 Å². The minimum absolute atomic E-state index is 0. The summed E-state index contributed by atoms with van der Waals surface area (Å²) in [4.78, 5) is 25.6. The minimum atomic E-state index is -5.39. The largest absolute Gasteiger partial charge is 1.00 e. The topological polar surface area (TPSA) is 127 Å². The second-order valence-corrected chi connectivity index (χ2v) is 8.94. The minimum Gasteiger partial charge on any atom is -0.822 e. The molecule has 0 amide bonds. The SMILES string of the molecule is CC(C)(C)c1ccc(O)cc1.CC(C)(C)c1ccc(O)cc1.O=P([O-])([O-])[O-].[Na+].[Na+].[Na+]. The molecule has 0 aliphatic rings. The maximum atomic E-state index is 9.02. The molecule has 0 saturated heterocycles. The standard InChI is InChI=1S/2C10H14O.3Na.H3O4P/c2*1-10(2,3)8-4-6-9(11)7-5-8;;;;1-5(2,3)4/h2*4-7,11H,1-3H3;;;;(H3,1,2,3,4)/q;;3*+1;/p-3. The van der Waals surface area contributed by atoms with Gasteiger partial charge in [-0.3, -0.25) is 0 Å². The second-order valence-electron chi connectivity index (χ2n) is 8.04. The van der Waals surface area contributed by atoms with Gasteiger partial charge in [0.2, 0.25) is 0 Å². The second kappa shape index (κ2) is 16.7. The molecule has 152 valence electrons. The number of rotatable bonds is 0. The van der Waals surface area contributed by atoms with E-state index < -0.39 is 7.82 Å². The molecule has 0 fully saturated rings. The fraction of sp³-hybridized carbons (Fsp3) is 0.400. The quantitative estimate of drug-likeness (QED) is 0.295. The molecule has 2 aromatic rings. The normalized spacial score (nSPS) is 10.4. The summed E-state index contributed by atoms with van der Waals surface area (Å²) >= 11 is 0. The molecule has 0 aromatic heterocycles. The summed E-state index contributed by atoms with van der Waals surface area (Å²) < 4.78 is 8.55. The van der Waals surface area contributed by atoms with E-state index in [1.807, 2.05) is 24.3 Å². The molecule has 30 heavy (non-hydrogen) atoms. The van der Waals surface area contributed by atoms with Gasteiger partial charge in [0, 0.05) is 0 Å². The van der Waals surface area contributed by atoms with Crippen molar-refractivity contribution in [2.24, 2.45) is 0 Å². The van der Waals surface area contributed by atoms with E-state index in [1.54, 1.807) is 24.3 Å². The predicted molar refractivity (Wildman–Crippen MR) is 101 cm³/mol. The molecule has 0 bridgehead atoms. The molecule has 2 rings (SSSR count). The number of phosphoric acid groups is 1. The van der Waals surface area contributed by atoms with E-state index in [9.17, 15) is 0 Å². The summed E-state index contributed by atoms with van der Waals surface area (Å²) in [5, 5.41) is 18.0. The van der Waals surface area contributed by atoms with Crippen LogP contribution >= 0.6 is 7.82 Å². The van der Waals surface area contributed by atoms with Gasteiger partial charge in [0.1, 0.15) is 11.5 Å². The molecule has 6 nitrogen and oxygen atoms in total. The monoisotopic (exact) mass is 464 g/mol. The fourth-order valence-corrected chi connectivity index (χ4v) is 1.92. The first kappa shape index (κ1) is 38.4. The number of hydrogen-bond donors (Lipinski definition) is 2. The molecular formula is C20H28Na3O6P. The zero-order valence-corrected chi connectivity index (χ0v) is 26.5. The van der Waals surface area contributed by atoms with E-state index in [0.717, 1.165) is 0 Å². The Morgan fingerprint density at radius 2 is 0.767 bits per heavy atom. The van der Waals surface area contributed by atoms with Gasteiger partial charge >= 0.3 is 88.7 Å². The predicted octanol–water partition coefficient (Wildman–Crippen LogP) is -6.43. The molecule has 0 unspecified atom stereocenters. The van der Waals surface area contributed by atoms with Crippen molar-refractivity contribution in [3.05, 3.63) is 59.7 Å². The summed E-state index contributed by atoms with van der Waals surface area (Å²) in [6.07, 6.45) is 0. The van der Waals surface area contributed by atoms with Gasteiger partial charge in [0.25, 0.3) is 0 Å². The molecule has 2 N–H and O–H groups in total. The third kappa shape index (κ3) is 21.0. The zero-order valence-electron chi connectivity index (χ0n) is 19.6. The summed E-state index contributed by atoms with van der Waals surface area (Å²) in [6, 6.07) is 14.7. The zero-order chi connectivity index (χ0) is 21.5. The van der Waals surface area contributed by atoms with E-state index in [2.05, 4.69) is 41.5 Å². The van der Waals surface area contributed by atoms with Gasteiger partial charge in [0.05, 0.1) is 0 Å². The first-order valence-corrected chi connectivity index (χ1v) is 9.78. The molecule has 0 radical (unpaired) electrons. The Bertz CT molecular complexity index is 669. The Morgan fingerprint density at radius 1 is 0.600 bits per heavy atom. The fourth-order valence-electron chi connectivity index (χ4n) is 1.92.